The first-order valence-corrected chi connectivity index (χ1v) is 4.27. The van der Waals surface area contributed by atoms with Crippen LogP contribution in [0.2, 0.25) is 0 Å². The van der Waals surface area contributed by atoms with Crippen molar-refractivity contribution in [1.29, 1.82) is 0 Å². The van der Waals surface area contributed by atoms with E-state index < -0.39 is 0 Å². The summed E-state index contributed by atoms with van der Waals surface area (Å²) in [5, 5.41) is 11.0. The molecule has 1 aromatic rings. The zero-order chi connectivity index (χ0) is 10.2. The van der Waals surface area contributed by atoms with Gasteiger partial charge in [-0.15, -0.1) is 0 Å². The normalized spacial score (nSPS) is 11.6. The molecule has 76 valence electrons. The predicted molar refractivity (Wildman–Crippen MR) is 52.2 cm³/mol. The third-order valence-electron chi connectivity index (χ3n) is 1.61. The number of oxime groups is 1. The second-order valence-corrected chi connectivity index (χ2v) is 2.71. The Balaban J connectivity index is 2.17. The van der Waals surface area contributed by atoms with Gasteiger partial charge in [-0.25, -0.2) is 0 Å². The molecule has 0 aliphatic carbocycles. The van der Waals surface area contributed by atoms with Crippen molar-refractivity contribution in [3.63, 3.8) is 0 Å². The predicted octanol–water partition coefficient (Wildman–Crippen LogP) is 0.387. The van der Waals surface area contributed by atoms with Gasteiger partial charge in [0.05, 0.1) is 6.61 Å². The van der Waals surface area contributed by atoms with Crippen molar-refractivity contribution in [1.82, 2.24) is 4.98 Å². The summed E-state index contributed by atoms with van der Waals surface area (Å²) in [6, 6.07) is 5.71. The molecule has 1 heterocycles. The van der Waals surface area contributed by atoms with E-state index in [0.29, 0.717) is 6.61 Å². The lowest BCUT2D eigenvalue weighted by Gasteiger charge is -2.01. The van der Waals surface area contributed by atoms with Gasteiger partial charge in [0, 0.05) is 18.3 Å². The fourth-order valence-corrected chi connectivity index (χ4v) is 0.928. The molecule has 0 bridgehead atoms. The number of rotatable bonds is 5. The van der Waals surface area contributed by atoms with Crippen LogP contribution in [0.25, 0.3) is 0 Å². The molecule has 0 radical (unpaired) electrons. The molecule has 14 heavy (non-hydrogen) atoms. The number of nitrogens with two attached hydrogens (primary N) is 1. The lowest BCUT2D eigenvalue weighted by Crippen LogP contribution is -2.19. The van der Waals surface area contributed by atoms with Crippen molar-refractivity contribution >= 4 is 5.84 Å². The number of hydrogen-bond donors (Lipinski definition) is 2. The number of nitrogens with zero attached hydrogens (tertiary/aromatic N) is 2. The monoisotopic (exact) mass is 195 g/mol. The van der Waals surface area contributed by atoms with Gasteiger partial charge in [0.2, 0.25) is 0 Å². The molecule has 0 fully saturated rings. The smallest absolute Gasteiger partial charge is 0.165 e. The van der Waals surface area contributed by atoms with Crippen molar-refractivity contribution in [2.24, 2.45) is 10.9 Å². The molecule has 0 aliphatic heterocycles. The number of ether oxygens (including phenoxy) is 1. The highest BCUT2D eigenvalue weighted by Crippen LogP contribution is 1.94. The summed E-state index contributed by atoms with van der Waals surface area (Å²) in [7, 11) is 0. The van der Waals surface area contributed by atoms with E-state index in [1.807, 2.05) is 18.2 Å². The lowest BCUT2D eigenvalue weighted by molar-refractivity contribution is 0.170. The highest BCUT2D eigenvalue weighted by molar-refractivity contribution is 5.80. The standard InChI is InChI=1S/C9H13N3O2/c10-9(12-13)7-14-6-4-8-3-1-2-5-11-8/h1-3,5,13H,4,6-7H2,(H2,10,12). The Kier molecular flexibility index (Phi) is 4.43. The van der Waals surface area contributed by atoms with Crippen LogP contribution >= 0.6 is 0 Å². The second-order valence-electron chi connectivity index (χ2n) is 2.71. The summed E-state index contributed by atoms with van der Waals surface area (Å²) in [6.07, 6.45) is 2.46. The molecule has 0 saturated heterocycles. The Morgan fingerprint density at radius 2 is 2.43 bits per heavy atom. The van der Waals surface area contributed by atoms with Crippen molar-refractivity contribution in [3.8, 4) is 0 Å². The van der Waals surface area contributed by atoms with Gasteiger partial charge in [0.1, 0.15) is 6.61 Å². The molecule has 0 aromatic carbocycles. The van der Waals surface area contributed by atoms with Gasteiger partial charge < -0.3 is 15.7 Å². The molecule has 0 atom stereocenters. The Bertz CT molecular complexity index is 287. The summed E-state index contributed by atoms with van der Waals surface area (Å²) in [5.41, 5.74) is 6.18. The summed E-state index contributed by atoms with van der Waals surface area (Å²) >= 11 is 0. The van der Waals surface area contributed by atoms with Gasteiger partial charge in [-0.2, -0.15) is 0 Å². The molecule has 5 heteroatoms. The first-order chi connectivity index (χ1) is 6.83. The fraction of sp³-hybridized carbons (Fsp3) is 0.333. The van der Waals surface area contributed by atoms with E-state index in [9.17, 15) is 0 Å². The summed E-state index contributed by atoms with van der Waals surface area (Å²) in [6.45, 7) is 0.649. The molecule has 3 N–H and O–H groups in total. The first kappa shape index (κ1) is 10.5. The molecular formula is C9H13N3O2. The Labute approximate surface area is 82.2 Å². The van der Waals surface area contributed by atoms with Gasteiger partial charge in [-0.05, 0) is 12.1 Å². The molecule has 5 nitrogen and oxygen atoms in total. The largest absolute Gasteiger partial charge is 0.409 e. The highest BCUT2D eigenvalue weighted by atomic mass is 16.5. The average Bonchev–Trinajstić information content (AvgIpc) is 2.25. The molecule has 0 saturated carbocycles. The second kappa shape index (κ2) is 5.93. The molecule has 1 rings (SSSR count). The molecule has 0 unspecified atom stereocenters. The maximum Gasteiger partial charge on any atom is 0.165 e. The molecule has 1 aromatic heterocycles. The number of aromatic nitrogens is 1. The van der Waals surface area contributed by atoms with Crippen LogP contribution in [-0.2, 0) is 11.2 Å². The lowest BCUT2D eigenvalue weighted by atomic mass is 10.3. The number of hydrogen-bond acceptors (Lipinski definition) is 4. The molecular weight excluding hydrogens is 182 g/mol. The van der Waals surface area contributed by atoms with Crippen LogP contribution in [0.1, 0.15) is 5.69 Å². The fourth-order valence-electron chi connectivity index (χ4n) is 0.928. The van der Waals surface area contributed by atoms with Gasteiger partial charge >= 0.3 is 0 Å². The van der Waals surface area contributed by atoms with Crippen LogP contribution < -0.4 is 5.73 Å². The van der Waals surface area contributed by atoms with Crippen molar-refractivity contribution in [2.45, 2.75) is 6.42 Å². The van der Waals surface area contributed by atoms with E-state index in [1.165, 1.54) is 0 Å². The topological polar surface area (TPSA) is 80.7 Å². The SMILES string of the molecule is N/C(COCCc1ccccn1)=N\O. The van der Waals surface area contributed by atoms with E-state index in [2.05, 4.69) is 10.1 Å². The highest BCUT2D eigenvalue weighted by Gasteiger charge is 1.95. The molecule has 0 spiro atoms. The van der Waals surface area contributed by atoms with Crippen LogP contribution in [0, 0.1) is 0 Å². The zero-order valence-corrected chi connectivity index (χ0v) is 7.76. The Morgan fingerprint density at radius 1 is 1.57 bits per heavy atom. The summed E-state index contributed by atoms with van der Waals surface area (Å²) in [5.74, 6) is 0.0750. The van der Waals surface area contributed by atoms with E-state index >= 15 is 0 Å². The first-order valence-electron chi connectivity index (χ1n) is 4.27. The summed E-state index contributed by atoms with van der Waals surface area (Å²) in [4.78, 5) is 4.12. The number of pyridine rings is 1. The number of amidine groups is 1. The average molecular weight is 195 g/mol. The Hall–Kier alpha value is -1.62. The third kappa shape index (κ3) is 3.86. The van der Waals surface area contributed by atoms with E-state index in [-0.39, 0.29) is 12.4 Å². The van der Waals surface area contributed by atoms with Crippen LogP contribution in [0.4, 0.5) is 0 Å². The minimum atomic E-state index is 0.0750. The Morgan fingerprint density at radius 3 is 3.07 bits per heavy atom. The van der Waals surface area contributed by atoms with Gasteiger partial charge in [0.15, 0.2) is 5.84 Å². The molecule has 0 aliphatic rings. The third-order valence-corrected chi connectivity index (χ3v) is 1.61. The van der Waals surface area contributed by atoms with Crippen LogP contribution in [0.15, 0.2) is 29.6 Å². The van der Waals surface area contributed by atoms with Gasteiger partial charge in [0.25, 0.3) is 0 Å². The van der Waals surface area contributed by atoms with Crippen molar-refractivity contribution in [3.05, 3.63) is 30.1 Å². The van der Waals surface area contributed by atoms with Crippen LogP contribution in [0.5, 0.6) is 0 Å². The van der Waals surface area contributed by atoms with E-state index in [4.69, 9.17) is 15.7 Å². The zero-order valence-electron chi connectivity index (χ0n) is 7.76. The van der Waals surface area contributed by atoms with E-state index in [1.54, 1.807) is 6.20 Å². The maximum absolute atomic E-state index is 8.22. The molecule has 0 amide bonds. The maximum atomic E-state index is 8.22. The summed E-state index contributed by atoms with van der Waals surface area (Å²) < 4.78 is 5.13. The minimum absolute atomic E-state index is 0.0750. The van der Waals surface area contributed by atoms with Crippen molar-refractivity contribution < 1.29 is 9.94 Å². The van der Waals surface area contributed by atoms with Gasteiger partial charge in [-0.3, -0.25) is 4.98 Å². The van der Waals surface area contributed by atoms with E-state index in [0.717, 1.165) is 12.1 Å². The van der Waals surface area contributed by atoms with Crippen molar-refractivity contribution in [2.75, 3.05) is 13.2 Å². The van der Waals surface area contributed by atoms with Gasteiger partial charge in [-0.1, -0.05) is 11.2 Å². The minimum Gasteiger partial charge on any atom is -0.409 e. The van der Waals surface area contributed by atoms with Crippen LogP contribution in [-0.4, -0.2) is 29.2 Å². The quantitative estimate of drug-likeness (QED) is 0.234. The van der Waals surface area contributed by atoms with Crippen LogP contribution in [0.3, 0.4) is 0 Å².